The molecule has 8 nitrogen and oxygen atoms in total. The molecule has 0 aliphatic carbocycles. The summed E-state index contributed by atoms with van der Waals surface area (Å²) < 4.78 is 21.4. The number of hydrogen-bond donors (Lipinski definition) is 2. The Hall–Kier alpha value is -2.90. The number of amides is 2. The van der Waals surface area contributed by atoms with Gasteiger partial charge in [-0.25, -0.2) is 9.59 Å². The summed E-state index contributed by atoms with van der Waals surface area (Å²) in [5.41, 5.74) is 1.26. The fourth-order valence-corrected chi connectivity index (χ4v) is 2.75. The first kappa shape index (κ1) is 19.4. The van der Waals surface area contributed by atoms with E-state index in [1.807, 2.05) is 0 Å². The standard InChI is InChI=1S/C18H24N2O6/c1-9(2)26-17(21)15-10(3)19-18(22)20-16(15)11-7-13(24-5)14(25-6)8-12(11)23-4/h7-9,16H,1-6H3,(H2,19,20,22). The predicted molar refractivity (Wildman–Crippen MR) is 94.4 cm³/mol. The van der Waals surface area contributed by atoms with Crippen LogP contribution in [0.5, 0.6) is 17.2 Å². The van der Waals surface area contributed by atoms with Crippen molar-refractivity contribution >= 4 is 12.0 Å². The first-order valence-corrected chi connectivity index (χ1v) is 8.11. The Balaban J connectivity index is 2.60. The van der Waals surface area contributed by atoms with Gasteiger partial charge in [0.1, 0.15) is 5.75 Å². The molecule has 2 rings (SSSR count). The van der Waals surface area contributed by atoms with Gasteiger partial charge in [-0.15, -0.1) is 0 Å². The molecule has 2 N–H and O–H groups in total. The first-order valence-electron chi connectivity index (χ1n) is 8.11. The lowest BCUT2D eigenvalue weighted by Crippen LogP contribution is -2.45. The number of methoxy groups -OCH3 is 3. The molecule has 1 unspecified atom stereocenters. The second-order valence-corrected chi connectivity index (χ2v) is 5.97. The zero-order valence-electron chi connectivity index (χ0n) is 15.8. The average Bonchev–Trinajstić information content (AvgIpc) is 2.58. The van der Waals surface area contributed by atoms with Crippen LogP contribution >= 0.6 is 0 Å². The number of hydrogen-bond acceptors (Lipinski definition) is 6. The molecule has 1 aliphatic rings. The van der Waals surface area contributed by atoms with Crippen molar-refractivity contribution in [1.29, 1.82) is 0 Å². The van der Waals surface area contributed by atoms with Crippen LogP contribution in [0.3, 0.4) is 0 Å². The van der Waals surface area contributed by atoms with Gasteiger partial charge in [0.15, 0.2) is 11.5 Å². The molecule has 0 spiro atoms. The van der Waals surface area contributed by atoms with Crippen molar-refractivity contribution in [1.82, 2.24) is 10.6 Å². The Morgan fingerprint density at radius 2 is 1.62 bits per heavy atom. The molecule has 1 atom stereocenters. The van der Waals surface area contributed by atoms with Crippen molar-refractivity contribution in [3.8, 4) is 17.2 Å². The number of carbonyl (C=O) groups is 2. The van der Waals surface area contributed by atoms with Crippen LogP contribution in [-0.4, -0.2) is 39.4 Å². The van der Waals surface area contributed by atoms with Gasteiger partial charge in [0.2, 0.25) is 0 Å². The van der Waals surface area contributed by atoms with Gasteiger partial charge in [-0.3, -0.25) is 0 Å². The summed E-state index contributed by atoms with van der Waals surface area (Å²) in [5.74, 6) is 0.843. The Morgan fingerprint density at radius 1 is 1.04 bits per heavy atom. The normalized spacial score (nSPS) is 16.7. The summed E-state index contributed by atoms with van der Waals surface area (Å²) in [6, 6.07) is 2.13. The number of nitrogens with one attached hydrogen (secondary N) is 2. The number of allylic oxidation sites excluding steroid dienone is 1. The number of rotatable bonds is 6. The minimum atomic E-state index is -0.759. The van der Waals surface area contributed by atoms with Crippen LogP contribution in [-0.2, 0) is 9.53 Å². The smallest absolute Gasteiger partial charge is 0.338 e. The molecule has 1 aliphatic heterocycles. The number of ether oxygens (including phenoxy) is 4. The van der Waals surface area contributed by atoms with E-state index in [1.165, 1.54) is 21.3 Å². The summed E-state index contributed by atoms with van der Waals surface area (Å²) in [5, 5.41) is 5.35. The molecule has 8 heteroatoms. The van der Waals surface area contributed by atoms with E-state index in [4.69, 9.17) is 18.9 Å². The quantitative estimate of drug-likeness (QED) is 0.752. The van der Waals surface area contributed by atoms with Crippen molar-refractivity contribution in [2.24, 2.45) is 0 Å². The van der Waals surface area contributed by atoms with Crippen LogP contribution in [0.4, 0.5) is 4.79 Å². The molecule has 0 saturated heterocycles. The van der Waals surface area contributed by atoms with E-state index in [1.54, 1.807) is 32.9 Å². The number of urea groups is 1. The molecule has 1 heterocycles. The lowest BCUT2D eigenvalue weighted by atomic mass is 9.94. The van der Waals surface area contributed by atoms with Gasteiger partial charge < -0.3 is 29.6 Å². The van der Waals surface area contributed by atoms with Crippen LogP contribution in [0.1, 0.15) is 32.4 Å². The summed E-state index contributed by atoms with van der Waals surface area (Å²) in [4.78, 5) is 24.6. The number of esters is 1. The Morgan fingerprint density at radius 3 is 2.15 bits per heavy atom. The first-order chi connectivity index (χ1) is 12.3. The summed E-state index contributed by atoms with van der Waals surface area (Å²) in [7, 11) is 4.51. The number of carbonyl (C=O) groups excluding carboxylic acids is 2. The zero-order chi connectivity index (χ0) is 19.4. The molecule has 26 heavy (non-hydrogen) atoms. The maximum absolute atomic E-state index is 12.6. The summed E-state index contributed by atoms with van der Waals surface area (Å²) in [6.45, 7) is 5.17. The average molecular weight is 364 g/mol. The lowest BCUT2D eigenvalue weighted by molar-refractivity contribution is -0.143. The van der Waals surface area contributed by atoms with Crippen LogP contribution in [0, 0.1) is 0 Å². The van der Waals surface area contributed by atoms with Gasteiger partial charge in [-0.1, -0.05) is 0 Å². The second-order valence-electron chi connectivity index (χ2n) is 5.97. The monoisotopic (exact) mass is 364 g/mol. The highest BCUT2D eigenvalue weighted by atomic mass is 16.5. The maximum Gasteiger partial charge on any atom is 0.338 e. The molecule has 1 aromatic carbocycles. The fourth-order valence-electron chi connectivity index (χ4n) is 2.75. The minimum Gasteiger partial charge on any atom is -0.496 e. The minimum absolute atomic E-state index is 0.295. The molecule has 0 saturated carbocycles. The van der Waals surface area contributed by atoms with E-state index in [0.29, 0.717) is 34.1 Å². The van der Waals surface area contributed by atoms with Crippen molar-refractivity contribution < 1.29 is 28.5 Å². The molecule has 0 radical (unpaired) electrons. The molecule has 142 valence electrons. The Bertz CT molecular complexity index is 741. The topological polar surface area (TPSA) is 95.1 Å². The van der Waals surface area contributed by atoms with Gasteiger partial charge in [-0.2, -0.15) is 0 Å². The van der Waals surface area contributed by atoms with E-state index in [0.717, 1.165) is 0 Å². The Labute approximate surface area is 152 Å². The molecule has 0 aromatic heterocycles. The summed E-state index contributed by atoms with van der Waals surface area (Å²) in [6.07, 6.45) is -0.298. The van der Waals surface area contributed by atoms with Gasteiger partial charge in [-0.05, 0) is 26.8 Å². The van der Waals surface area contributed by atoms with E-state index < -0.39 is 18.0 Å². The van der Waals surface area contributed by atoms with E-state index >= 15 is 0 Å². The van der Waals surface area contributed by atoms with Gasteiger partial charge in [0.25, 0.3) is 0 Å². The molecule has 0 fully saturated rings. The third kappa shape index (κ3) is 3.84. The van der Waals surface area contributed by atoms with Crippen molar-refractivity contribution in [2.45, 2.75) is 32.9 Å². The molecule has 2 amide bonds. The van der Waals surface area contributed by atoms with E-state index in [9.17, 15) is 9.59 Å². The molecule has 0 bridgehead atoms. The SMILES string of the molecule is COc1cc(OC)c(C2NC(=O)NC(C)=C2C(=O)OC(C)C)cc1OC. The molecular weight excluding hydrogens is 340 g/mol. The van der Waals surface area contributed by atoms with Crippen molar-refractivity contribution in [3.63, 3.8) is 0 Å². The van der Waals surface area contributed by atoms with Crippen LogP contribution in [0.15, 0.2) is 23.4 Å². The van der Waals surface area contributed by atoms with Gasteiger partial charge >= 0.3 is 12.0 Å². The van der Waals surface area contributed by atoms with Crippen molar-refractivity contribution in [2.75, 3.05) is 21.3 Å². The molecule has 1 aromatic rings. The van der Waals surface area contributed by atoms with Crippen molar-refractivity contribution in [3.05, 3.63) is 29.0 Å². The van der Waals surface area contributed by atoms with Crippen LogP contribution < -0.4 is 24.8 Å². The zero-order valence-corrected chi connectivity index (χ0v) is 15.8. The summed E-state index contributed by atoms with van der Waals surface area (Å²) >= 11 is 0. The third-order valence-electron chi connectivity index (χ3n) is 3.88. The maximum atomic E-state index is 12.6. The van der Waals surface area contributed by atoms with E-state index in [2.05, 4.69) is 10.6 Å². The van der Waals surface area contributed by atoms with Crippen LogP contribution in [0.2, 0.25) is 0 Å². The van der Waals surface area contributed by atoms with E-state index in [-0.39, 0.29) is 6.10 Å². The highest BCUT2D eigenvalue weighted by Gasteiger charge is 2.35. The van der Waals surface area contributed by atoms with Gasteiger partial charge in [0.05, 0.1) is 39.0 Å². The van der Waals surface area contributed by atoms with Crippen LogP contribution in [0.25, 0.3) is 0 Å². The highest BCUT2D eigenvalue weighted by molar-refractivity contribution is 5.95. The third-order valence-corrected chi connectivity index (χ3v) is 3.88. The fraction of sp³-hybridized carbons (Fsp3) is 0.444. The number of benzene rings is 1. The Kier molecular flexibility index (Phi) is 5.97. The van der Waals surface area contributed by atoms with Gasteiger partial charge in [0, 0.05) is 17.3 Å². The molecular formula is C18H24N2O6. The predicted octanol–water partition coefficient (Wildman–Crippen LogP) is 2.29. The lowest BCUT2D eigenvalue weighted by Gasteiger charge is -2.30. The second kappa shape index (κ2) is 7.99. The largest absolute Gasteiger partial charge is 0.496 e. The highest BCUT2D eigenvalue weighted by Crippen LogP contribution is 2.40.